The van der Waals surface area contributed by atoms with E-state index in [1.54, 1.807) is 0 Å². The molecule has 2 rings (SSSR count). The van der Waals surface area contributed by atoms with Crippen LogP contribution in [-0.4, -0.2) is 42.3 Å². The van der Waals surface area contributed by atoms with Gasteiger partial charge < -0.3 is 26.2 Å². The number of nitrogens with one attached hydrogen (secondary N) is 2. The van der Waals surface area contributed by atoms with E-state index in [-0.39, 0.29) is 13.2 Å². The quantitative estimate of drug-likeness (QED) is 0.621. The van der Waals surface area contributed by atoms with Crippen LogP contribution in [0, 0.1) is 5.92 Å². The number of ether oxygens (including phenoxy) is 1. The van der Waals surface area contributed by atoms with Crippen LogP contribution in [0.25, 0.3) is 0 Å². The molecule has 1 aliphatic rings. The first-order valence-corrected chi connectivity index (χ1v) is 6.25. The highest BCUT2D eigenvalue weighted by atomic mass is 16.5. The molecule has 1 aromatic rings. The zero-order chi connectivity index (χ0) is 15.4. The number of carbonyl (C=O) groups excluding carboxylic acids is 2. The largest absolute Gasteiger partial charge is 0.481 e. The molecule has 5 N–H and O–H groups in total. The molecule has 1 aliphatic heterocycles. The lowest BCUT2D eigenvalue weighted by Crippen LogP contribution is -2.44. The predicted molar refractivity (Wildman–Crippen MR) is 72.8 cm³/mol. The summed E-state index contributed by atoms with van der Waals surface area (Å²) in [6.45, 7) is 0.235. The van der Waals surface area contributed by atoms with Gasteiger partial charge in [-0.2, -0.15) is 0 Å². The molecule has 1 fully saturated rings. The maximum absolute atomic E-state index is 11.8. The van der Waals surface area contributed by atoms with E-state index < -0.39 is 29.9 Å². The Morgan fingerprint density at radius 1 is 1.19 bits per heavy atom. The van der Waals surface area contributed by atoms with Gasteiger partial charge in [-0.3, -0.25) is 9.59 Å². The Hall–Kier alpha value is -2.61. The summed E-state index contributed by atoms with van der Waals surface area (Å²) in [5.41, 5.74) is 5.90. The van der Waals surface area contributed by atoms with E-state index in [4.69, 9.17) is 15.6 Å². The number of carboxylic acids is 1. The van der Waals surface area contributed by atoms with Crippen molar-refractivity contribution in [2.24, 2.45) is 11.7 Å². The van der Waals surface area contributed by atoms with E-state index >= 15 is 0 Å². The highest BCUT2D eigenvalue weighted by Gasteiger charge is 2.35. The fraction of sp³-hybridized carbons (Fsp3) is 0.308. The Labute approximate surface area is 120 Å². The summed E-state index contributed by atoms with van der Waals surface area (Å²) in [6.07, 6.45) is 0. The van der Waals surface area contributed by atoms with Crippen LogP contribution in [0.2, 0.25) is 0 Å². The Morgan fingerprint density at radius 2 is 1.86 bits per heavy atom. The van der Waals surface area contributed by atoms with E-state index in [9.17, 15) is 14.4 Å². The molecule has 0 aromatic heterocycles. The molecule has 1 heterocycles. The summed E-state index contributed by atoms with van der Waals surface area (Å²) < 4.78 is 5.05. The average Bonchev–Trinajstić information content (AvgIpc) is 2.87. The Morgan fingerprint density at radius 3 is 2.43 bits per heavy atom. The van der Waals surface area contributed by atoms with Crippen LogP contribution in [0.1, 0.15) is 10.4 Å². The van der Waals surface area contributed by atoms with E-state index in [0.29, 0.717) is 11.3 Å². The van der Waals surface area contributed by atoms with Crippen molar-refractivity contribution in [2.45, 2.75) is 6.04 Å². The maximum Gasteiger partial charge on any atom is 0.319 e. The van der Waals surface area contributed by atoms with Gasteiger partial charge in [-0.1, -0.05) is 0 Å². The minimum absolute atomic E-state index is 0.0770. The molecule has 2 atom stereocenters. The van der Waals surface area contributed by atoms with Crippen LogP contribution in [-0.2, 0) is 9.53 Å². The average molecular weight is 293 g/mol. The molecule has 2 unspecified atom stereocenters. The summed E-state index contributed by atoms with van der Waals surface area (Å²) in [7, 11) is 0. The molecule has 0 bridgehead atoms. The minimum atomic E-state index is -1.01. The second kappa shape index (κ2) is 6.23. The van der Waals surface area contributed by atoms with Crippen LogP contribution >= 0.6 is 0 Å². The van der Waals surface area contributed by atoms with Gasteiger partial charge >= 0.3 is 12.0 Å². The monoisotopic (exact) mass is 293 g/mol. The number of hydrogen-bond acceptors (Lipinski definition) is 4. The van der Waals surface area contributed by atoms with Gasteiger partial charge in [0.1, 0.15) is 5.92 Å². The number of carboxylic acid groups (broad SMARTS) is 1. The first-order chi connectivity index (χ1) is 9.97. The van der Waals surface area contributed by atoms with Crippen molar-refractivity contribution in [3.63, 3.8) is 0 Å². The lowest BCUT2D eigenvalue weighted by Gasteiger charge is -2.16. The molecule has 1 saturated heterocycles. The number of aliphatic carboxylic acids is 1. The Bertz CT molecular complexity index is 557. The molecule has 112 valence electrons. The highest BCUT2D eigenvalue weighted by molar-refractivity contribution is 5.94. The normalized spacial score (nSPS) is 20.8. The molecule has 0 spiro atoms. The number of nitrogens with two attached hydrogens (primary N) is 1. The van der Waals surface area contributed by atoms with Gasteiger partial charge in [0.05, 0.1) is 19.3 Å². The number of amides is 3. The molecular weight excluding hydrogens is 278 g/mol. The lowest BCUT2D eigenvalue weighted by atomic mass is 10.0. The van der Waals surface area contributed by atoms with E-state index in [0.717, 1.165) is 0 Å². The summed E-state index contributed by atoms with van der Waals surface area (Å²) in [5.74, 6) is -2.32. The second-order valence-electron chi connectivity index (χ2n) is 4.63. The molecule has 8 heteroatoms. The molecule has 21 heavy (non-hydrogen) atoms. The maximum atomic E-state index is 11.8. The number of benzene rings is 1. The number of urea groups is 1. The van der Waals surface area contributed by atoms with Gasteiger partial charge in [0.25, 0.3) is 0 Å². The first kappa shape index (κ1) is 14.8. The van der Waals surface area contributed by atoms with Gasteiger partial charge in [-0.05, 0) is 24.3 Å². The van der Waals surface area contributed by atoms with Crippen molar-refractivity contribution in [3.8, 4) is 0 Å². The van der Waals surface area contributed by atoms with Gasteiger partial charge in [0, 0.05) is 11.3 Å². The molecule has 8 nitrogen and oxygen atoms in total. The third-order valence-corrected chi connectivity index (χ3v) is 3.14. The summed E-state index contributed by atoms with van der Waals surface area (Å²) in [4.78, 5) is 33.7. The van der Waals surface area contributed by atoms with Crippen molar-refractivity contribution in [1.82, 2.24) is 5.32 Å². The van der Waals surface area contributed by atoms with Gasteiger partial charge in [-0.15, -0.1) is 0 Å². The lowest BCUT2D eigenvalue weighted by molar-refractivity contribution is -0.142. The summed E-state index contributed by atoms with van der Waals surface area (Å²) in [6, 6.07) is 4.91. The SMILES string of the molecule is NC(=O)c1ccc(NC(=O)NC2COCC2C(=O)O)cc1. The smallest absolute Gasteiger partial charge is 0.319 e. The zero-order valence-electron chi connectivity index (χ0n) is 11.0. The van der Waals surface area contributed by atoms with Crippen molar-refractivity contribution >= 4 is 23.6 Å². The van der Waals surface area contributed by atoms with E-state index in [1.807, 2.05) is 0 Å². The highest BCUT2D eigenvalue weighted by Crippen LogP contribution is 2.14. The molecular formula is C13H15N3O5. The van der Waals surface area contributed by atoms with Gasteiger partial charge in [-0.25, -0.2) is 4.79 Å². The fourth-order valence-electron chi connectivity index (χ4n) is 1.99. The number of primary amides is 1. The summed E-state index contributed by atoms with van der Waals surface area (Å²) >= 11 is 0. The predicted octanol–water partition coefficient (Wildman–Crippen LogP) is 0.00660. The van der Waals surface area contributed by atoms with Gasteiger partial charge in [0.2, 0.25) is 5.91 Å². The third-order valence-electron chi connectivity index (χ3n) is 3.14. The van der Waals surface area contributed by atoms with Crippen molar-refractivity contribution < 1.29 is 24.2 Å². The molecule has 0 radical (unpaired) electrons. The van der Waals surface area contributed by atoms with Gasteiger partial charge in [0.15, 0.2) is 0 Å². The van der Waals surface area contributed by atoms with Crippen molar-refractivity contribution in [1.29, 1.82) is 0 Å². The second-order valence-corrected chi connectivity index (χ2v) is 4.63. The molecule has 1 aromatic carbocycles. The van der Waals surface area contributed by atoms with Crippen LogP contribution in [0.5, 0.6) is 0 Å². The van der Waals surface area contributed by atoms with Crippen LogP contribution in [0.3, 0.4) is 0 Å². The fourth-order valence-corrected chi connectivity index (χ4v) is 1.99. The summed E-state index contributed by atoms with van der Waals surface area (Å²) in [5, 5.41) is 14.1. The van der Waals surface area contributed by atoms with Crippen molar-refractivity contribution in [3.05, 3.63) is 29.8 Å². The van der Waals surface area contributed by atoms with Crippen LogP contribution in [0.4, 0.5) is 10.5 Å². The third kappa shape index (κ3) is 3.69. The topological polar surface area (TPSA) is 131 Å². The Kier molecular flexibility index (Phi) is 4.39. The van der Waals surface area contributed by atoms with Crippen LogP contribution in [0.15, 0.2) is 24.3 Å². The number of carbonyl (C=O) groups is 3. The van der Waals surface area contributed by atoms with E-state index in [1.165, 1.54) is 24.3 Å². The number of anilines is 1. The zero-order valence-corrected chi connectivity index (χ0v) is 11.0. The number of hydrogen-bond donors (Lipinski definition) is 4. The molecule has 3 amide bonds. The van der Waals surface area contributed by atoms with Crippen molar-refractivity contribution in [2.75, 3.05) is 18.5 Å². The van der Waals surface area contributed by atoms with Crippen LogP contribution < -0.4 is 16.4 Å². The Balaban J connectivity index is 1.92. The molecule has 0 aliphatic carbocycles. The van der Waals surface area contributed by atoms with E-state index in [2.05, 4.69) is 10.6 Å². The minimum Gasteiger partial charge on any atom is -0.481 e. The molecule has 0 saturated carbocycles. The number of rotatable bonds is 4. The standard InChI is InChI=1S/C13H15N3O5/c14-11(17)7-1-3-8(4-2-7)15-13(20)16-10-6-21-5-9(10)12(18)19/h1-4,9-10H,5-6H2,(H2,14,17)(H,18,19)(H2,15,16,20). The first-order valence-electron chi connectivity index (χ1n) is 6.25.